The average molecular weight is 200 g/mol. The highest BCUT2D eigenvalue weighted by atomic mass is 32.2. The van der Waals surface area contributed by atoms with E-state index >= 15 is 0 Å². The van der Waals surface area contributed by atoms with Crippen molar-refractivity contribution in [3.63, 3.8) is 0 Å². The van der Waals surface area contributed by atoms with Crippen molar-refractivity contribution < 1.29 is 4.79 Å². The van der Waals surface area contributed by atoms with Gasteiger partial charge in [-0.15, -0.1) is 5.10 Å². The molecular weight excluding hydrogens is 188 g/mol. The first-order valence-corrected chi connectivity index (χ1v) is 4.78. The zero-order valence-corrected chi connectivity index (χ0v) is 8.60. The van der Waals surface area contributed by atoms with Crippen LogP contribution in [0.4, 0.5) is 0 Å². The molecule has 0 saturated carbocycles. The monoisotopic (exact) mass is 200 g/mol. The number of aryl methyl sites for hydroxylation is 1. The number of amides is 1. The summed E-state index contributed by atoms with van der Waals surface area (Å²) in [6, 6.07) is 0. The van der Waals surface area contributed by atoms with E-state index in [1.54, 1.807) is 7.05 Å². The van der Waals surface area contributed by atoms with Gasteiger partial charge in [-0.2, -0.15) is 0 Å². The molecule has 0 spiro atoms. The minimum absolute atomic E-state index is 0.0209. The number of aromatic nitrogens is 3. The number of H-pyrrole nitrogens is 1. The number of carbonyl (C=O) groups is 1. The maximum Gasteiger partial charge on any atom is 0.233 e. The standard InChI is InChI=1S/C7H12N4OS/c1-4(6(12)8-3)13-7-9-5(2)10-11-7/h4H,1-3H3,(H,8,12)(H,9,10,11). The molecule has 2 N–H and O–H groups in total. The molecule has 0 bridgehead atoms. The maximum absolute atomic E-state index is 11.1. The Balaban J connectivity index is 2.54. The SMILES string of the molecule is CNC(=O)C(C)Sc1n[nH]c(C)n1. The van der Waals surface area contributed by atoms with Crippen molar-refractivity contribution in [2.45, 2.75) is 24.3 Å². The molecule has 0 saturated heterocycles. The van der Waals surface area contributed by atoms with Crippen LogP contribution in [0.3, 0.4) is 0 Å². The predicted molar refractivity (Wildman–Crippen MR) is 50.5 cm³/mol. The number of rotatable bonds is 3. The van der Waals surface area contributed by atoms with Gasteiger partial charge in [0.25, 0.3) is 0 Å². The summed E-state index contributed by atoms with van der Waals surface area (Å²) in [7, 11) is 1.61. The number of hydrogen-bond donors (Lipinski definition) is 2. The molecule has 0 fully saturated rings. The van der Waals surface area contributed by atoms with E-state index in [0.29, 0.717) is 5.16 Å². The average Bonchev–Trinajstić information content (AvgIpc) is 2.49. The highest BCUT2D eigenvalue weighted by Gasteiger charge is 2.14. The molecule has 1 heterocycles. The van der Waals surface area contributed by atoms with Gasteiger partial charge in [-0.05, 0) is 13.8 Å². The summed E-state index contributed by atoms with van der Waals surface area (Å²) in [6.07, 6.45) is 0. The summed E-state index contributed by atoms with van der Waals surface area (Å²) in [5.41, 5.74) is 0. The molecule has 1 atom stereocenters. The van der Waals surface area contributed by atoms with Crippen molar-refractivity contribution >= 4 is 17.7 Å². The van der Waals surface area contributed by atoms with Gasteiger partial charge in [0.2, 0.25) is 11.1 Å². The molecule has 1 amide bonds. The third kappa shape index (κ3) is 2.73. The van der Waals surface area contributed by atoms with Crippen molar-refractivity contribution in [2.75, 3.05) is 7.05 Å². The van der Waals surface area contributed by atoms with Gasteiger partial charge in [0, 0.05) is 7.05 Å². The molecule has 0 aliphatic heterocycles. The molecule has 72 valence electrons. The van der Waals surface area contributed by atoms with E-state index in [1.165, 1.54) is 11.8 Å². The first kappa shape index (κ1) is 10.0. The Hall–Kier alpha value is -1.04. The quantitative estimate of drug-likeness (QED) is 0.690. The Bertz CT molecular complexity index is 298. The van der Waals surface area contributed by atoms with Crippen molar-refractivity contribution in [3.05, 3.63) is 5.82 Å². The van der Waals surface area contributed by atoms with E-state index in [2.05, 4.69) is 20.5 Å². The van der Waals surface area contributed by atoms with Gasteiger partial charge in [-0.1, -0.05) is 11.8 Å². The lowest BCUT2D eigenvalue weighted by molar-refractivity contribution is -0.119. The van der Waals surface area contributed by atoms with Gasteiger partial charge in [0.05, 0.1) is 5.25 Å². The molecule has 1 aromatic rings. The Labute approximate surface area is 80.7 Å². The second-order valence-corrected chi connectivity index (χ2v) is 3.89. The first-order valence-electron chi connectivity index (χ1n) is 3.90. The molecule has 0 radical (unpaired) electrons. The summed E-state index contributed by atoms with van der Waals surface area (Å²) in [5, 5.41) is 9.64. The fraction of sp³-hybridized carbons (Fsp3) is 0.571. The molecule has 13 heavy (non-hydrogen) atoms. The van der Waals surface area contributed by atoms with Crippen molar-refractivity contribution in [1.29, 1.82) is 0 Å². The number of thioether (sulfide) groups is 1. The van der Waals surface area contributed by atoms with Crippen LogP contribution in [0.5, 0.6) is 0 Å². The van der Waals surface area contributed by atoms with Crippen LogP contribution in [0.1, 0.15) is 12.7 Å². The van der Waals surface area contributed by atoms with Crippen LogP contribution >= 0.6 is 11.8 Å². The largest absolute Gasteiger partial charge is 0.358 e. The normalized spacial score (nSPS) is 12.5. The number of carbonyl (C=O) groups excluding carboxylic acids is 1. The molecule has 0 aliphatic carbocycles. The Morgan fingerprint density at radius 3 is 2.85 bits per heavy atom. The van der Waals surface area contributed by atoms with E-state index in [1.807, 2.05) is 13.8 Å². The molecule has 6 heteroatoms. The Kier molecular flexibility index (Phi) is 3.30. The van der Waals surface area contributed by atoms with E-state index in [4.69, 9.17) is 0 Å². The molecule has 1 unspecified atom stereocenters. The summed E-state index contributed by atoms with van der Waals surface area (Å²) in [5.74, 6) is 0.735. The number of hydrogen-bond acceptors (Lipinski definition) is 4. The molecule has 0 aliphatic rings. The van der Waals surface area contributed by atoms with Gasteiger partial charge in [0.15, 0.2) is 0 Å². The van der Waals surface area contributed by atoms with E-state index in [9.17, 15) is 4.79 Å². The summed E-state index contributed by atoms with van der Waals surface area (Å²) < 4.78 is 0. The molecular formula is C7H12N4OS. The zero-order chi connectivity index (χ0) is 9.84. The topological polar surface area (TPSA) is 70.7 Å². The predicted octanol–water partition coefficient (Wildman–Crippen LogP) is 0.340. The van der Waals surface area contributed by atoms with Crippen LogP contribution in [0.25, 0.3) is 0 Å². The van der Waals surface area contributed by atoms with Gasteiger partial charge in [0.1, 0.15) is 5.82 Å². The lowest BCUT2D eigenvalue weighted by atomic mass is 10.4. The van der Waals surface area contributed by atoms with Crippen LogP contribution in [-0.2, 0) is 4.79 Å². The summed E-state index contributed by atoms with van der Waals surface area (Å²) in [6.45, 7) is 3.64. The molecule has 0 aromatic carbocycles. The van der Waals surface area contributed by atoms with Crippen LogP contribution in [0, 0.1) is 6.92 Å². The van der Waals surface area contributed by atoms with Gasteiger partial charge < -0.3 is 5.32 Å². The summed E-state index contributed by atoms with van der Waals surface area (Å²) in [4.78, 5) is 15.2. The molecule has 1 rings (SSSR count). The van der Waals surface area contributed by atoms with E-state index in [0.717, 1.165) is 5.82 Å². The number of nitrogens with zero attached hydrogens (tertiary/aromatic N) is 2. The van der Waals surface area contributed by atoms with Gasteiger partial charge in [-0.25, -0.2) is 4.98 Å². The minimum Gasteiger partial charge on any atom is -0.358 e. The van der Waals surface area contributed by atoms with Crippen LogP contribution in [-0.4, -0.2) is 33.4 Å². The lowest BCUT2D eigenvalue weighted by Gasteiger charge is -2.05. The third-order valence-electron chi connectivity index (χ3n) is 1.47. The second kappa shape index (κ2) is 4.27. The van der Waals surface area contributed by atoms with Crippen molar-refractivity contribution in [2.24, 2.45) is 0 Å². The van der Waals surface area contributed by atoms with Gasteiger partial charge >= 0.3 is 0 Å². The third-order valence-corrected chi connectivity index (χ3v) is 2.44. The minimum atomic E-state index is -0.166. The fourth-order valence-electron chi connectivity index (χ4n) is 0.790. The molecule has 5 nitrogen and oxygen atoms in total. The van der Waals surface area contributed by atoms with E-state index < -0.39 is 0 Å². The zero-order valence-electron chi connectivity index (χ0n) is 7.79. The smallest absolute Gasteiger partial charge is 0.233 e. The first-order chi connectivity index (χ1) is 6.13. The van der Waals surface area contributed by atoms with E-state index in [-0.39, 0.29) is 11.2 Å². The van der Waals surface area contributed by atoms with Crippen LogP contribution in [0.2, 0.25) is 0 Å². The Morgan fingerprint density at radius 2 is 2.38 bits per heavy atom. The highest BCUT2D eigenvalue weighted by Crippen LogP contribution is 2.18. The van der Waals surface area contributed by atoms with Crippen molar-refractivity contribution in [1.82, 2.24) is 20.5 Å². The van der Waals surface area contributed by atoms with Crippen molar-refractivity contribution in [3.8, 4) is 0 Å². The van der Waals surface area contributed by atoms with Crippen LogP contribution < -0.4 is 5.32 Å². The number of nitrogens with one attached hydrogen (secondary N) is 2. The lowest BCUT2D eigenvalue weighted by Crippen LogP contribution is -2.27. The maximum atomic E-state index is 11.1. The van der Waals surface area contributed by atoms with Gasteiger partial charge in [-0.3, -0.25) is 9.89 Å². The fourth-order valence-corrected chi connectivity index (χ4v) is 1.62. The highest BCUT2D eigenvalue weighted by molar-refractivity contribution is 8.00. The number of aromatic amines is 1. The summed E-state index contributed by atoms with van der Waals surface area (Å²) >= 11 is 1.33. The van der Waals surface area contributed by atoms with Crippen LogP contribution in [0.15, 0.2) is 5.16 Å². The second-order valence-electron chi connectivity index (χ2n) is 2.58. The molecule has 1 aromatic heterocycles. The Morgan fingerprint density at radius 1 is 1.69 bits per heavy atom.